The molecule has 12 heteroatoms. The molecule has 1 saturated heterocycles. The molecule has 4 heterocycles. The van der Waals surface area contributed by atoms with Crippen molar-refractivity contribution in [2.45, 2.75) is 93.8 Å². The van der Waals surface area contributed by atoms with Gasteiger partial charge in [-0.05, 0) is 97.9 Å². The van der Waals surface area contributed by atoms with Crippen LogP contribution in [0.15, 0.2) is 70.6 Å². The topological polar surface area (TPSA) is 54.1 Å². The second kappa shape index (κ2) is 15.2. The summed E-state index contributed by atoms with van der Waals surface area (Å²) in [6, 6.07) is 17.3. The van der Waals surface area contributed by atoms with Crippen LogP contribution in [0.25, 0.3) is 22.3 Å². The van der Waals surface area contributed by atoms with E-state index in [2.05, 4.69) is 72.3 Å². The third-order valence-electron chi connectivity index (χ3n) is 10.3. The highest BCUT2D eigenvalue weighted by atomic mass is 127. The lowest BCUT2D eigenvalue weighted by atomic mass is 9.75. The van der Waals surface area contributed by atoms with Crippen molar-refractivity contribution in [2.24, 2.45) is 12.5 Å². The smallest absolute Gasteiger partial charge is 0.163 e. The Kier molecular flexibility index (Phi) is 11.2. The maximum atomic E-state index is 16.1. The number of aryl methyl sites for hydroxylation is 2. The van der Waals surface area contributed by atoms with Crippen molar-refractivity contribution in [1.29, 1.82) is 0 Å². The quantitative estimate of drug-likeness (QED) is 0.167. The van der Waals surface area contributed by atoms with Crippen molar-refractivity contribution in [2.75, 3.05) is 18.1 Å². The molecule has 5 aromatic rings. The minimum absolute atomic E-state index is 0.0168. The Hall–Kier alpha value is -2.10. The zero-order valence-electron chi connectivity index (χ0n) is 30.5. The number of rotatable bonds is 4. The first-order valence-electron chi connectivity index (χ1n) is 17.7. The fourth-order valence-electron chi connectivity index (χ4n) is 7.47. The number of nitrogens with zero attached hydrogens (tertiary/aromatic N) is 4. The molecule has 2 atom stereocenters. The van der Waals surface area contributed by atoms with Gasteiger partial charge < -0.3 is 9.47 Å². The SMILES string of the molecule is Cn1nc2nc1-c1cc(ccc1F)Sc1c(F)cc3c(ccn3SI)c1CCSCC(C)(C)CCC[C@]2(C)c1cccc(CC2COC(C)(C)O2)c1. The average molecular weight is 875 g/mol. The van der Waals surface area contributed by atoms with E-state index >= 15 is 8.78 Å². The second-order valence-corrected chi connectivity index (χ2v) is 19.3. The van der Waals surface area contributed by atoms with E-state index < -0.39 is 17.0 Å². The van der Waals surface area contributed by atoms with Crippen LogP contribution in [0.4, 0.5) is 8.78 Å². The summed E-state index contributed by atoms with van der Waals surface area (Å²) < 4.78 is 47.5. The Labute approximate surface area is 330 Å². The van der Waals surface area contributed by atoms with Gasteiger partial charge in [0.2, 0.25) is 0 Å². The van der Waals surface area contributed by atoms with E-state index in [1.807, 2.05) is 42.8 Å². The molecule has 6 nitrogen and oxygen atoms in total. The molecule has 0 spiro atoms. The normalized spacial score (nSPS) is 22.2. The molecule has 52 heavy (non-hydrogen) atoms. The first kappa shape index (κ1) is 38.2. The highest BCUT2D eigenvalue weighted by molar-refractivity contribution is 14.2. The van der Waals surface area contributed by atoms with E-state index in [4.69, 9.17) is 19.6 Å². The molecule has 0 saturated carbocycles. The lowest BCUT2D eigenvalue weighted by molar-refractivity contribution is -0.138. The number of halogens is 3. The molecule has 2 aliphatic heterocycles. The van der Waals surface area contributed by atoms with Crippen LogP contribution in [-0.2, 0) is 34.8 Å². The summed E-state index contributed by atoms with van der Waals surface area (Å²) in [4.78, 5) is 6.45. The van der Waals surface area contributed by atoms with E-state index in [1.165, 1.54) is 32.5 Å². The lowest BCUT2D eigenvalue weighted by Crippen LogP contribution is -2.27. The van der Waals surface area contributed by atoms with Gasteiger partial charge in [-0.3, -0.25) is 3.97 Å². The summed E-state index contributed by atoms with van der Waals surface area (Å²) in [5.41, 5.74) is 4.06. The van der Waals surface area contributed by atoms with E-state index in [0.717, 1.165) is 70.5 Å². The van der Waals surface area contributed by atoms with Crippen LogP contribution >= 0.6 is 53.8 Å². The van der Waals surface area contributed by atoms with Crippen molar-refractivity contribution in [3.05, 3.63) is 94.9 Å². The molecule has 2 aromatic heterocycles. The molecule has 4 bridgehead atoms. The van der Waals surface area contributed by atoms with E-state index in [0.29, 0.717) is 28.7 Å². The van der Waals surface area contributed by atoms with Gasteiger partial charge in [0.15, 0.2) is 17.4 Å². The number of thioether (sulfide) groups is 1. The van der Waals surface area contributed by atoms with Gasteiger partial charge in [0, 0.05) is 66.3 Å². The van der Waals surface area contributed by atoms with Crippen molar-refractivity contribution < 1.29 is 18.3 Å². The summed E-state index contributed by atoms with van der Waals surface area (Å²) in [6.45, 7) is 11.4. The van der Waals surface area contributed by atoms with Gasteiger partial charge in [0.1, 0.15) is 11.6 Å². The highest BCUT2D eigenvalue weighted by Crippen LogP contribution is 2.43. The number of benzene rings is 3. The second-order valence-electron chi connectivity index (χ2n) is 15.4. The predicted octanol–water partition coefficient (Wildman–Crippen LogP) is 11.2. The van der Waals surface area contributed by atoms with E-state index in [-0.39, 0.29) is 17.3 Å². The maximum absolute atomic E-state index is 16.1. The standard InChI is InChI=1S/C40H45F2IN4O2S3/c1-38(2)15-8-16-40(5,26-10-7-9-25(19-26)20-27-23-48-39(3,4)49-27)37-44-36(46(6)45-37)31-21-28(11-12-32(31)41)51-35-30(14-18-50-24-38)29-13-17-47(52-43)34(29)22-33(35)42/h7,9-13,17,19,21-22,27H,8,14-16,18,20,23-24H2,1-6H3/t27?,40-/m1/s1. The summed E-state index contributed by atoms with van der Waals surface area (Å²) in [5.74, 6) is 1.74. The summed E-state index contributed by atoms with van der Waals surface area (Å²) in [6.07, 6.45) is 6.28. The van der Waals surface area contributed by atoms with Gasteiger partial charge >= 0.3 is 0 Å². The molecule has 1 fully saturated rings. The van der Waals surface area contributed by atoms with Crippen LogP contribution in [0.3, 0.4) is 0 Å². The van der Waals surface area contributed by atoms with Crippen LogP contribution in [0.1, 0.15) is 76.4 Å². The molecule has 7 rings (SSSR count). The van der Waals surface area contributed by atoms with Crippen LogP contribution in [0.5, 0.6) is 0 Å². The van der Waals surface area contributed by atoms with Gasteiger partial charge in [-0.15, -0.1) is 0 Å². The number of ether oxygens (including phenoxy) is 2. The minimum Gasteiger partial charge on any atom is -0.348 e. The Morgan fingerprint density at radius 1 is 1.02 bits per heavy atom. The lowest BCUT2D eigenvalue weighted by Gasteiger charge is -2.31. The number of hydrogen-bond acceptors (Lipinski definition) is 7. The molecule has 276 valence electrons. The molecule has 2 aliphatic rings. The van der Waals surface area contributed by atoms with Gasteiger partial charge in [-0.1, -0.05) is 56.3 Å². The highest BCUT2D eigenvalue weighted by Gasteiger charge is 2.36. The Balaban J connectivity index is 1.30. The van der Waals surface area contributed by atoms with Crippen LogP contribution < -0.4 is 0 Å². The first-order chi connectivity index (χ1) is 24.7. The van der Waals surface area contributed by atoms with Gasteiger partial charge in [-0.25, -0.2) is 18.4 Å². The fraction of sp³-hybridized carbons (Fsp3) is 0.450. The Morgan fingerprint density at radius 2 is 1.85 bits per heavy atom. The monoisotopic (exact) mass is 874 g/mol. The van der Waals surface area contributed by atoms with Crippen molar-refractivity contribution in [1.82, 2.24) is 18.7 Å². The molecule has 0 aliphatic carbocycles. The summed E-state index contributed by atoms with van der Waals surface area (Å²) >= 11 is 5.51. The van der Waals surface area contributed by atoms with Crippen LogP contribution in [0, 0.1) is 17.0 Å². The fourth-order valence-corrected chi connectivity index (χ4v) is 11.1. The Bertz CT molecular complexity index is 2100. The van der Waals surface area contributed by atoms with Gasteiger partial charge in [0.05, 0.1) is 34.1 Å². The van der Waals surface area contributed by atoms with Gasteiger partial charge in [-0.2, -0.15) is 16.9 Å². The number of fused-ring (bicyclic) bond motifs is 8. The minimum atomic E-state index is -0.579. The molecule has 3 aromatic carbocycles. The molecule has 0 N–H and O–H groups in total. The van der Waals surface area contributed by atoms with E-state index in [1.54, 1.807) is 22.9 Å². The molecular formula is C40H45F2IN4O2S3. The van der Waals surface area contributed by atoms with Gasteiger partial charge in [0.25, 0.3) is 0 Å². The van der Waals surface area contributed by atoms with E-state index in [9.17, 15) is 0 Å². The van der Waals surface area contributed by atoms with Crippen molar-refractivity contribution in [3.63, 3.8) is 0 Å². The predicted molar refractivity (Wildman–Crippen MR) is 220 cm³/mol. The third kappa shape index (κ3) is 7.98. The largest absolute Gasteiger partial charge is 0.348 e. The molecular weight excluding hydrogens is 830 g/mol. The molecule has 0 amide bonds. The molecule has 1 unspecified atom stereocenters. The zero-order valence-corrected chi connectivity index (χ0v) is 35.1. The zero-order chi connectivity index (χ0) is 36.8. The van der Waals surface area contributed by atoms with Crippen LogP contribution in [-0.4, -0.2) is 48.7 Å². The third-order valence-corrected chi connectivity index (χ3v) is 14.7. The Morgan fingerprint density at radius 3 is 2.62 bits per heavy atom. The maximum Gasteiger partial charge on any atom is 0.163 e. The summed E-state index contributed by atoms with van der Waals surface area (Å²) in [5, 5.41) is 6.05. The number of aromatic nitrogens is 4. The first-order valence-corrected chi connectivity index (χ1v) is 23.0. The number of hydrogen-bond donors (Lipinski definition) is 0. The van der Waals surface area contributed by atoms with Crippen molar-refractivity contribution >= 4 is 64.8 Å². The van der Waals surface area contributed by atoms with Crippen molar-refractivity contribution in [3.8, 4) is 11.4 Å². The molecule has 0 radical (unpaired) electrons. The average Bonchev–Trinajstić information content (AvgIpc) is 3.80. The van der Waals surface area contributed by atoms with Crippen LogP contribution in [0.2, 0.25) is 0 Å². The summed E-state index contributed by atoms with van der Waals surface area (Å²) in [7, 11) is 3.35.